The number of amides is 2. The van der Waals surface area contributed by atoms with Gasteiger partial charge in [-0.25, -0.2) is 0 Å². The molecule has 5 nitrogen and oxygen atoms in total. The molecule has 0 aromatic heterocycles. The van der Waals surface area contributed by atoms with Crippen molar-refractivity contribution >= 4 is 23.6 Å². The second kappa shape index (κ2) is 10.2. The Morgan fingerprint density at radius 1 is 1.00 bits per heavy atom. The van der Waals surface area contributed by atoms with E-state index in [1.165, 1.54) is 0 Å². The van der Waals surface area contributed by atoms with Crippen LogP contribution in [0.3, 0.4) is 0 Å². The summed E-state index contributed by atoms with van der Waals surface area (Å²) in [6, 6.07) is 7.92. The Kier molecular flexibility index (Phi) is 7.37. The highest BCUT2D eigenvalue weighted by Gasteiger charge is 2.32. The molecule has 164 valence electrons. The van der Waals surface area contributed by atoms with Gasteiger partial charge in [0.2, 0.25) is 5.91 Å². The Morgan fingerprint density at radius 3 is 2.40 bits per heavy atom. The summed E-state index contributed by atoms with van der Waals surface area (Å²) in [5.41, 5.74) is 0.787. The van der Waals surface area contributed by atoms with Gasteiger partial charge in [0.25, 0.3) is 5.91 Å². The number of thioether (sulfide) groups is 1. The van der Waals surface area contributed by atoms with Gasteiger partial charge in [0.1, 0.15) is 0 Å². The Balaban J connectivity index is 1.31. The molecule has 6 heteroatoms. The topological polar surface area (TPSA) is 49.9 Å². The minimum atomic E-state index is 0.0755. The van der Waals surface area contributed by atoms with Crippen molar-refractivity contribution in [1.29, 1.82) is 0 Å². The fourth-order valence-corrected chi connectivity index (χ4v) is 5.83. The highest BCUT2D eigenvalue weighted by molar-refractivity contribution is 7.99. The largest absolute Gasteiger partial charge is 0.377 e. The van der Waals surface area contributed by atoms with E-state index >= 15 is 0 Å². The molecule has 0 bridgehead atoms. The molecule has 4 rings (SSSR count). The van der Waals surface area contributed by atoms with E-state index in [-0.39, 0.29) is 11.8 Å². The second-order valence-electron chi connectivity index (χ2n) is 9.02. The van der Waals surface area contributed by atoms with E-state index in [4.69, 9.17) is 4.74 Å². The molecule has 1 unspecified atom stereocenters. The van der Waals surface area contributed by atoms with Crippen LogP contribution in [-0.4, -0.2) is 66.3 Å². The van der Waals surface area contributed by atoms with Gasteiger partial charge in [-0.1, -0.05) is 19.1 Å². The van der Waals surface area contributed by atoms with Gasteiger partial charge in [0, 0.05) is 49.4 Å². The first-order valence-electron chi connectivity index (χ1n) is 11.5. The standard InChI is InChI=1S/C24H34N2O3S/c1-18-8-12-25(13-9-18)23(27)19-10-14-26(15-11-19)24(28)21-6-2-3-7-22(21)30-17-20-5-4-16-29-20/h2-3,6-7,18-20H,4-5,8-17H2,1H3. The highest BCUT2D eigenvalue weighted by atomic mass is 32.2. The molecule has 1 aromatic carbocycles. The van der Waals surface area contributed by atoms with Gasteiger partial charge in [-0.3, -0.25) is 9.59 Å². The lowest BCUT2D eigenvalue weighted by molar-refractivity contribution is -0.138. The lowest BCUT2D eigenvalue weighted by Crippen LogP contribution is -2.46. The molecule has 3 aliphatic rings. The molecule has 0 saturated carbocycles. The third kappa shape index (κ3) is 5.20. The summed E-state index contributed by atoms with van der Waals surface area (Å²) in [5, 5.41) is 0. The molecule has 0 spiro atoms. The molecule has 30 heavy (non-hydrogen) atoms. The van der Waals surface area contributed by atoms with Gasteiger partial charge in [-0.05, 0) is 56.6 Å². The van der Waals surface area contributed by atoms with Gasteiger partial charge >= 0.3 is 0 Å². The van der Waals surface area contributed by atoms with Crippen molar-refractivity contribution in [2.24, 2.45) is 11.8 Å². The predicted molar refractivity (Wildman–Crippen MR) is 120 cm³/mol. The Bertz CT molecular complexity index is 734. The smallest absolute Gasteiger partial charge is 0.254 e. The summed E-state index contributed by atoms with van der Waals surface area (Å²) in [7, 11) is 0. The molecule has 1 atom stereocenters. The summed E-state index contributed by atoms with van der Waals surface area (Å²) in [5.74, 6) is 2.11. The summed E-state index contributed by atoms with van der Waals surface area (Å²) in [6.07, 6.45) is 6.34. The van der Waals surface area contributed by atoms with Crippen LogP contribution < -0.4 is 0 Å². The monoisotopic (exact) mass is 430 g/mol. The van der Waals surface area contributed by atoms with Crippen LogP contribution in [0.25, 0.3) is 0 Å². The first kappa shape index (κ1) is 21.7. The number of benzene rings is 1. The van der Waals surface area contributed by atoms with Gasteiger partial charge in [0.05, 0.1) is 11.7 Å². The number of carbonyl (C=O) groups excluding carboxylic acids is 2. The molecule has 3 fully saturated rings. The van der Waals surface area contributed by atoms with E-state index in [0.29, 0.717) is 25.1 Å². The molecular formula is C24H34N2O3S. The second-order valence-corrected chi connectivity index (χ2v) is 10.1. The molecule has 0 N–H and O–H groups in total. The molecule has 3 aliphatic heterocycles. The Labute approximate surface area is 184 Å². The van der Waals surface area contributed by atoms with Crippen molar-refractivity contribution in [3.8, 4) is 0 Å². The van der Waals surface area contributed by atoms with E-state index in [1.54, 1.807) is 11.8 Å². The zero-order chi connectivity index (χ0) is 20.9. The first-order valence-corrected chi connectivity index (χ1v) is 12.5. The van der Waals surface area contributed by atoms with Gasteiger partial charge in [-0.15, -0.1) is 11.8 Å². The Morgan fingerprint density at radius 2 is 1.70 bits per heavy atom. The van der Waals surface area contributed by atoms with Crippen LogP contribution in [0.2, 0.25) is 0 Å². The molecule has 0 radical (unpaired) electrons. The van der Waals surface area contributed by atoms with E-state index in [2.05, 4.69) is 11.8 Å². The molecule has 3 heterocycles. The fourth-order valence-electron chi connectivity index (χ4n) is 4.71. The van der Waals surface area contributed by atoms with Gasteiger partial charge in [-0.2, -0.15) is 0 Å². The number of hydrogen-bond acceptors (Lipinski definition) is 4. The lowest BCUT2D eigenvalue weighted by atomic mass is 9.92. The van der Waals surface area contributed by atoms with Crippen molar-refractivity contribution in [3.05, 3.63) is 29.8 Å². The van der Waals surface area contributed by atoms with Crippen molar-refractivity contribution in [3.63, 3.8) is 0 Å². The number of piperidine rings is 2. The average Bonchev–Trinajstić information content (AvgIpc) is 3.31. The van der Waals surface area contributed by atoms with Crippen molar-refractivity contribution < 1.29 is 14.3 Å². The van der Waals surface area contributed by atoms with E-state index in [1.807, 2.05) is 29.2 Å². The number of nitrogens with zero attached hydrogens (tertiary/aromatic N) is 2. The van der Waals surface area contributed by atoms with Crippen LogP contribution in [0.5, 0.6) is 0 Å². The third-order valence-corrected chi connectivity index (χ3v) is 8.00. The van der Waals surface area contributed by atoms with Crippen LogP contribution >= 0.6 is 11.8 Å². The molecular weight excluding hydrogens is 396 g/mol. The summed E-state index contributed by atoms with van der Waals surface area (Å²) >= 11 is 1.73. The minimum Gasteiger partial charge on any atom is -0.377 e. The van der Waals surface area contributed by atoms with E-state index in [0.717, 1.165) is 80.4 Å². The maximum atomic E-state index is 13.2. The van der Waals surface area contributed by atoms with Crippen LogP contribution in [0.15, 0.2) is 29.2 Å². The Hall–Kier alpha value is -1.53. The van der Waals surface area contributed by atoms with Crippen molar-refractivity contribution in [2.75, 3.05) is 38.5 Å². The van der Waals surface area contributed by atoms with Crippen molar-refractivity contribution in [1.82, 2.24) is 9.80 Å². The van der Waals surface area contributed by atoms with E-state index < -0.39 is 0 Å². The molecule has 2 amide bonds. The zero-order valence-electron chi connectivity index (χ0n) is 18.1. The first-order chi connectivity index (χ1) is 14.6. The van der Waals surface area contributed by atoms with Crippen LogP contribution in [-0.2, 0) is 9.53 Å². The predicted octanol–water partition coefficient (Wildman–Crippen LogP) is 4.07. The van der Waals surface area contributed by atoms with Crippen LogP contribution in [0.1, 0.15) is 55.8 Å². The lowest BCUT2D eigenvalue weighted by Gasteiger charge is -2.37. The number of ether oxygens (including phenoxy) is 1. The maximum absolute atomic E-state index is 13.2. The fraction of sp³-hybridized carbons (Fsp3) is 0.667. The SMILES string of the molecule is CC1CCN(C(=O)C2CCN(C(=O)c3ccccc3SCC3CCCO3)CC2)CC1. The van der Waals surface area contributed by atoms with Crippen LogP contribution in [0.4, 0.5) is 0 Å². The summed E-state index contributed by atoms with van der Waals surface area (Å²) in [4.78, 5) is 31.1. The van der Waals surface area contributed by atoms with Gasteiger partial charge < -0.3 is 14.5 Å². The summed E-state index contributed by atoms with van der Waals surface area (Å²) in [6.45, 7) is 6.26. The van der Waals surface area contributed by atoms with Gasteiger partial charge in [0.15, 0.2) is 0 Å². The number of hydrogen-bond donors (Lipinski definition) is 0. The zero-order valence-corrected chi connectivity index (χ0v) is 18.9. The quantitative estimate of drug-likeness (QED) is 0.661. The number of rotatable bonds is 5. The average molecular weight is 431 g/mol. The highest BCUT2D eigenvalue weighted by Crippen LogP contribution is 2.29. The summed E-state index contributed by atoms with van der Waals surface area (Å²) < 4.78 is 5.73. The van der Waals surface area contributed by atoms with Crippen molar-refractivity contribution in [2.45, 2.75) is 56.4 Å². The van der Waals surface area contributed by atoms with Crippen LogP contribution in [0, 0.1) is 11.8 Å². The van der Waals surface area contributed by atoms with E-state index in [9.17, 15) is 9.59 Å². The normalized spacial score (nSPS) is 23.7. The number of likely N-dealkylation sites (tertiary alicyclic amines) is 2. The number of carbonyl (C=O) groups is 2. The third-order valence-electron chi connectivity index (χ3n) is 6.79. The molecule has 3 saturated heterocycles. The maximum Gasteiger partial charge on any atom is 0.254 e. The molecule has 0 aliphatic carbocycles. The minimum absolute atomic E-state index is 0.0755. The molecule has 1 aromatic rings.